The fourth-order valence-electron chi connectivity index (χ4n) is 11.3. The molecule has 2 aromatic carbocycles. The zero-order valence-corrected chi connectivity index (χ0v) is 37.6. The number of carbonyl (C=O) groups excluding carboxylic acids is 2. The van der Waals surface area contributed by atoms with E-state index in [1.807, 2.05) is 36.4 Å². The number of Topliss-reactive ketones (excluding diaryl/α,β-unsaturated/α-hetero) is 2. The monoisotopic (exact) mass is 862 g/mol. The number of phenols is 1. The van der Waals surface area contributed by atoms with Crippen molar-refractivity contribution in [2.45, 2.75) is 134 Å². The van der Waals surface area contributed by atoms with E-state index in [-0.39, 0.29) is 47.9 Å². The summed E-state index contributed by atoms with van der Waals surface area (Å²) in [6.07, 6.45) is 14.1. The van der Waals surface area contributed by atoms with Crippen LogP contribution in [0.2, 0.25) is 0 Å². The Labute approximate surface area is 374 Å². The number of aryl methyl sites for hydroxylation is 1. The second-order valence-corrected chi connectivity index (χ2v) is 19.7. The summed E-state index contributed by atoms with van der Waals surface area (Å²) in [5.74, 6) is 8.25. The number of nitrogens with one attached hydrogen (secondary N) is 2. The van der Waals surface area contributed by atoms with E-state index < -0.39 is 29.6 Å². The van der Waals surface area contributed by atoms with Gasteiger partial charge in [-0.2, -0.15) is 0 Å². The van der Waals surface area contributed by atoms with E-state index in [0.717, 1.165) is 61.8 Å². The van der Waals surface area contributed by atoms with E-state index in [9.17, 15) is 30.0 Å². The fraction of sp³-hybridized carbons (Fsp3) is 0.585. The minimum Gasteiger partial charge on any atom is -0.504 e. The minimum atomic E-state index is -1.25. The Balaban J connectivity index is 1.14. The number of nitrogens with two attached hydrogens (primary N) is 1. The third-order valence-electron chi connectivity index (χ3n) is 15.1. The first kappa shape index (κ1) is 46.6. The number of rotatable bonds is 15. The van der Waals surface area contributed by atoms with Gasteiger partial charge in [0.25, 0.3) is 0 Å². The van der Waals surface area contributed by atoms with Crippen molar-refractivity contribution in [1.29, 1.82) is 0 Å². The molecule has 7 rings (SSSR count). The van der Waals surface area contributed by atoms with E-state index >= 15 is 0 Å². The predicted octanol–water partition coefficient (Wildman–Crippen LogP) is 7.10. The van der Waals surface area contributed by atoms with Crippen LogP contribution < -0.4 is 21.1 Å². The molecule has 2 heterocycles. The molecule has 2 aliphatic heterocycles. The number of dihydropyridines is 1. The number of allylic oxidation sites excluding steroid dienone is 3. The van der Waals surface area contributed by atoms with Crippen molar-refractivity contribution in [1.82, 2.24) is 10.6 Å². The molecule has 0 amide bonds. The van der Waals surface area contributed by atoms with Gasteiger partial charge in [0.2, 0.25) is 0 Å². The third-order valence-corrected chi connectivity index (χ3v) is 15.1. The van der Waals surface area contributed by atoms with Gasteiger partial charge in [0.15, 0.2) is 17.3 Å². The topological polar surface area (TPSA) is 174 Å². The van der Waals surface area contributed by atoms with Crippen LogP contribution in [0, 0.1) is 52.8 Å². The number of fused-ring (bicyclic) bond motifs is 2. The van der Waals surface area contributed by atoms with Crippen LogP contribution >= 0.6 is 0 Å². The summed E-state index contributed by atoms with van der Waals surface area (Å²) in [7, 11) is 1.49. The van der Waals surface area contributed by atoms with Gasteiger partial charge in [0, 0.05) is 43.7 Å². The summed E-state index contributed by atoms with van der Waals surface area (Å²) >= 11 is 0. The number of carbonyl (C=O) groups is 2. The Bertz CT molecular complexity index is 2070. The Morgan fingerprint density at radius 2 is 1.81 bits per heavy atom. The normalized spacial score (nSPS) is 29.4. The van der Waals surface area contributed by atoms with Crippen LogP contribution in [0.3, 0.4) is 0 Å². The number of aliphatic hydroxyl groups is 3. The maximum atomic E-state index is 14.4. The third kappa shape index (κ3) is 11.3. The van der Waals surface area contributed by atoms with Gasteiger partial charge in [0.05, 0.1) is 31.2 Å². The van der Waals surface area contributed by atoms with E-state index in [4.69, 9.17) is 10.5 Å². The van der Waals surface area contributed by atoms with E-state index in [1.165, 1.54) is 7.11 Å². The molecule has 340 valence electrons. The number of ketones is 2. The van der Waals surface area contributed by atoms with E-state index in [1.54, 1.807) is 12.1 Å². The Morgan fingerprint density at radius 3 is 2.56 bits per heavy atom. The predicted molar refractivity (Wildman–Crippen MR) is 247 cm³/mol. The SMILES string of the molecule is COc1cc2c(cc1O)C(CC(O)C(O)C(CCC(C)C)C(C=Cc1ccccc1)C1=CCNC(N)=C1)C#CC1(CCC(CCC3CNC4CC(=O)CCC4C3)CC1O)C(=O)CC2. The van der Waals surface area contributed by atoms with Crippen LogP contribution in [0.5, 0.6) is 11.5 Å². The molecule has 11 unspecified atom stereocenters. The van der Waals surface area contributed by atoms with Crippen molar-refractivity contribution < 1.29 is 34.8 Å². The van der Waals surface area contributed by atoms with Crippen molar-refractivity contribution in [3.8, 4) is 23.3 Å². The van der Waals surface area contributed by atoms with Gasteiger partial charge in [0.1, 0.15) is 11.2 Å². The lowest BCUT2D eigenvalue weighted by molar-refractivity contribution is -0.134. The van der Waals surface area contributed by atoms with Gasteiger partial charge in [-0.1, -0.05) is 87.1 Å². The van der Waals surface area contributed by atoms with Gasteiger partial charge < -0.3 is 41.5 Å². The number of aromatic hydroxyl groups is 1. The summed E-state index contributed by atoms with van der Waals surface area (Å²) in [6, 6.07) is 13.7. The highest BCUT2D eigenvalue weighted by Crippen LogP contribution is 2.46. The molecule has 2 saturated carbocycles. The average Bonchev–Trinajstić information content (AvgIpc) is 3.32. The number of hydrogen-bond donors (Lipinski definition) is 7. The zero-order valence-electron chi connectivity index (χ0n) is 37.6. The van der Waals surface area contributed by atoms with Crippen molar-refractivity contribution in [3.63, 3.8) is 0 Å². The number of piperidine rings is 1. The second-order valence-electron chi connectivity index (χ2n) is 19.7. The van der Waals surface area contributed by atoms with E-state index in [0.29, 0.717) is 86.0 Å². The molecule has 10 nitrogen and oxygen atoms in total. The molecular formula is C53H71N3O7. The summed E-state index contributed by atoms with van der Waals surface area (Å²) in [4.78, 5) is 26.4. The lowest BCUT2D eigenvalue weighted by atomic mass is 9.64. The molecule has 3 aliphatic carbocycles. The average molecular weight is 862 g/mol. The first-order valence-corrected chi connectivity index (χ1v) is 23.7. The van der Waals surface area contributed by atoms with Crippen molar-refractivity contribution >= 4 is 17.6 Å². The van der Waals surface area contributed by atoms with Crippen molar-refractivity contribution in [3.05, 3.63) is 88.8 Å². The Morgan fingerprint density at radius 1 is 1.02 bits per heavy atom. The Hall–Kier alpha value is -4.40. The zero-order chi connectivity index (χ0) is 44.7. The largest absolute Gasteiger partial charge is 0.504 e. The standard InChI is InChI=1S/C53H71N3O7/c1-33(2)9-16-43(42(39-21-24-55-51(54)29-39)17-12-34-7-5-4-6-8-34)52(62)47(59)27-38-20-23-53(49(60)18-14-37-28-48(63-3)46(58)31-44(37)38)22-19-35(26-50(53)61)10-11-36-25-40-13-15-41(57)30-45(40)56-32-36/h4-8,12,17,21,28-29,31,33,35-36,38,40,42-43,45,47,50,52,55-56,58-59,61-62H,9-11,13-16,18-19,22,24-27,30,32,54H2,1-3H3. The number of hydrogen-bond acceptors (Lipinski definition) is 10. The number of aliphatic hydroxyl groups excluding tert-OH is 3. The highest BCUT2D eigenvalue weighted by Gasteiger charge is 2.48. The van der Waals surface area contributed by atoms with Crippen LogP contribution in [0.4, 0.5) is 0 Å². The highest BCUT2D eigenvalue weighted by molar-refractivity contribution is 5.89. The molecule has 10 heteroatoms. The van der Waals surface area contributed by atoms with Gasteiger partial charge in [-0.25, -0.2) is 0 Å². The number of benzene rings is 2. The van der Waals surface area contributed by atoms with Crippen LogP contribution in [0.25, 0.3) is 6.08 Å². The van der Waals surface area contributed by atoms with Gasteiger partial charge in [-0.15, -0.1) is 0 Å². The highest BCUT2D eigenvalue weighted by atomic mass is 16.5. The Kier molecular flexibility index (Phi) is 15.6. The van der Waals surface area contributed by atoms with Crippen LogP contribution in [-0.4, -0.2) is 76.5 Å². The lowest BCUT2D eigenvalue weighted by Crippen LogP contribution is -2.49. The molecule has 3 fully saturated rings. The molecular weight excluding hydrogens is 791 g/mol. The molecule has 11 atom stereocenters. The van der Waals surface area contributed by atoms with Crippen molar-refractivity contribution in [2.75, 3.05) is 20.2 Å². The van der Waals surface area contributed by atoms with Gasteiger partial charge in [-0.3, -0.25) is 9.59 Å². The quantitative estimate of drug-likeness (QED) is 0.0916. The van der Waals surface area contributed by atoms with Crippen LogP contribution in [-0.2, 0) is 16.0 Å². The van der Waals surface area contributed by atoms with Gasteiger partial charge in [-0.05, 0) is 134 Å². The summed E-state index contributed by atoms with van der Waals surface area (Å²) < 4.78 is 5.51. The maximum Gasteiger partial charge on any atom is 0.160 e. The smallest absolute Gasteiger partial charge is 0.160 e. The molecule has 63 heavy (non-hydrogen) atoms. The molecule has 1 spiro atoms. The maximum absolute atomic E-state index is 14.4. The van der Waals surface area contributed by atoms with E-state index in [2.05, 4.69) is 54.5 Å². The molecule has 0 bridgehead atoms. The molecule has 1 saturated heterocycles. The molecule has 5 aliphatic rings. The van der Waals surface area contributed by atoms with Gasteiger partial charge >= 0.3 is 0 Å². The summed E-state index contributed by atoms with van der Waals surface area (Å²) in [5, 5.41) is 54.6. The molecule has 0 radical (unpaired) electrons. The van der Waals surface area contributed by atoms with Crippen LogP contribution in [0.1, 0.15) is 120 Å². The molecule has 0 aromatic heterocycles. The number of ether oxygens (including phenoxy) is 1. The fourth-order valence-corrected chi connectivity index (χ4v) is 11.3. The first-order chi connectivity index (χ1) is 30.3. The minimum absolute atomic E-state index is 0.0489. The summed E-state index contributed by atoms with van der Waals surface area (Å²) in [6.45, 7) is 5.79. The molecule has 8 N–H and O–H groups in total. The van der Waals surface area contributed by atoms with Crippen LogP contribution in [0.15, 0.2) is 72.1 Å². The first-order valence-electron chi connectivity index (χ1n) is 23.7. The molecule has 2 aromatic rings. The second kappa shape index (κ2) is 21.1. The lowest BCUT2D eigenvalue weighted by Gasteiger charge is -2.42. The number of methoxy groups -OCH3 is 1. The number of phenolic OH excluding ortho intramolecular Hbond substituents is 1. The van der Waals surface area contributed by atoms with Crippen molar-refractivity contribution in [2.24, 2.45) is 46.7 Å². The summed E-state index contributed by atoms with van der Waals surface area (Å²) in [5.41, 5.74) is 8.52.